The van der Waals surface area contributed by atoms with Crippen LogP contribution in [0.3, 0.4) is 0 Å². The first-order chi connectivity index (χ1) is 13.5. The normalized spacial score (nSPS) is 10.8. The van der Waals surface area contributed by atoms with E-state index in [9.17, 15) is 5.26 Å². The van der Waals surface area contributed by atoms with Gasteiger partial charge in [-0.05, 0) is 46.6 Å². The summed E-state index contributed by atoms with van der Waals surface area (Å²) in [6.07, 6.45) is 3.15. The van der Waals surface area contributed by atoms with Crippen LogP contribution < -0.4 is 10.5 Å². The lowest BCUT2D eigenvalue weighted by Gasteiger charge is -2.07. The number of aromatic nitrogens is 4. The van der Waals surface area contributed by atoms with Gasteiger partial charge in [-0.2, -0.15) is 5.26 Å². The van der Waals surface area contributed by atoms with E-state index >= 15 is 0 Å². The van der Waals surface area contributed by atoms with Crippen molar-refractivity contribution in [3.05, 3.63) is 58.6 Å². The molecule has 138 valence electrons. The molecule has 0 fully saturated rings. The number of hydrogen-bond acceptors (Lipinski definition) is 6. The summed E-state index contributed by atoms with van der Waals surface area (Å²) in [5.74, 6) is 0.994. The fraction of sp³-hybridized carbons (Fsp3) is 0.100. The van der Waals surface area contributed by atoms with Crippen molar-refractivity contribution in [2.45, 2.75) is 6.92 Å². The van der Waals surface area contributed by atoms with Gasteiger partial charge < -0.3 is 15.0 Å². The largest absolute Gasteiger partial charge is 0.424 e. The summed E-state index contributed by atoms with van der Waals surface area (Å²) in [5, 5.41) is 10.2. The van der Waals surface area contributed by atoms with Gasteiger partial charge in [-0.25, -0.2) is 15.0 Å². The molecule has 0 aliphatic carbocycles. The Hall–Kier alpha value is -3.44. The van der Waals surface area contributed by atoms with Crippen LogP contribution in [0.1, 0.15) is 11.3 Å². The highest BCUT2D eigenvalue weighted by molar-refractivity contribution is 9.10. The monoisotopic (exact) mass is 434 g/mol. The van der Waals surface area contributed by atoms with Crippen molar-refractivity contribution in [2.24, 2.45) is 7.05 Å². The Morgan fingerprint density at radius 2 is 1.93 bits per heavy atom. The molecule has 7 nitrogen and oxygen atoms in total. The molecule has 0 atom stereocenters. The number of nitriles is 1. The minimum atomic E-state index is 0.297. The van der Waals surface area contributed by atoms with E-state index in [-0.39, 0.29) is 0 Å². The van der Waals surface area contributed by atoms with Gasteiger partial charge in [0.1, 0.15) is 17.6 Å². The van der Waals surface area contributed by atoms with Crippen LogP contribution in [0.15, 0.2) is 47.3 Å². The van der Waals surface area contributed by atoms with Crippen LogP contribution in [0.2, 0.25) is 0 Å². The van der Waals surface area contributed by atoms with Gasteiger partial charge in [-0.15, -0.1) is 0 Å². The van der Waals surface area contributed by atoms with Crippen LogP contribution in [0.4, 0.5) is 5.82 Å². The van der Waals surface area contributed by atoms with Gasteiger partial charge in [-0.3, -0.25) is 0 Å². The zero-order chi connectivity index (χ0) is 19.8. The zero-order valence-electron chi connectivity index (χ0n) is 15.1. The lowest BCUT2D eigenvalue weighted by Crippen LogP contribution is -1.95. The predicted octanol–water partition coefficient (Wildman–Crippen LogP) is 4.35. The molecule has 4 rings (SSSR count). The number of ether oxygens (including phenoxy) is 1. The number of rotatable bonds is 3. The summed E-state index contributed by atoms with van der Waals surface area (Å²) >= 11 is 3.63. The highest BCUT2D eigenvalue weighted by atomic mass is 79.9. The predicted molar refractivity (Wildman–Crippen MR) is 110 cm³/mol. The summed E-state index contributed by atoms with van der Waals surface area (Å²) in [6, 6.07) is 11.8. The fourth-order valence-corrected chi connectivity index (χ4v) is 3.70. The van der Waals surface area contributed by atoms with Crippen molar-refractivity contribution in [1.82, 2.24) is 19.5 Å². The van der Waals surface area contributed by atoms with Crippen LogP contribution >= 0.6 is 15.9 Å². The van der Waals surface area contributed by atoms with Gasteiger partial charge >= 0.3 is 6.01 Å². The molecule has 0 saturated carbocycles. The van der Waals surface area contributed by atoms with E-state index in [1.807, 2.05) is 48.9 Å². The molecule has 0 aliphatic heterocycles. The van der Waals surface area contributed by atoms with Crippen LogP contribution in [-0.4, -0.2) is 19.5 Å². The molecule has 0 saturated heterocycles. The quantitative estimate of drug-likeness (QED) is 0.513. The number of nitrogens with two attached hydrogens (primary N) is 1. The van der Waals surface area contributed by atoms with Crippen molar-refractivity contribution in [3.8, 4) is 29.0 Å². The molecular formula is C20H15BrN6O. The number of fused-ring (bicyclic) bond motifs is 1. The third-order valence-electron chi connectivity index (χ3n) is 4.41. The highest BCUT2D eigenvalue weighted by Crippen LogP contribution is 2.41. The number of pyridine rings is 1. The maximum atomic E-state index is 9.43. The van der Waals surface area contributed by atoms with Crippen molar-refractivity contribution >= 4 is 32.7 Å². The van der Waals surface area contributed by atoms with Gasteiger partial charge in [0, 0.05) is 30.7 Å². The minimum Gasteiger partial charge on any atom is -0.424 e. The second-order valence-electron chi connectivity index (χ2n) is 6.22. The van der Waals surface area contributed by atoms with Crippen LogP contribution in [0, 0.1) is 18.3 Å². The SMILES string of the molecule is Cc1ccnc(Oc2ccc(-c3c(Br)n(C)c4c(C#N)cnc(N)c34)cc2)n1. The van der Waals surface area contributed by atoms with Gasteiger partial charge in [0.25, 0.3) is 0 Å². The molecule has 4 aromatic rings. The van der Waals surface area contributed by atoms with E-state index in [4.69, 9.17) is 10.5 Å². The van der Waals surface area contributed by atoms with Crippen LogP contribution in [0.25, 0.3) is 22.0 Å². The van der Waals surface area contributed by atoms with Crippen LogP contribution in [0.5, 0.6) is 11.8 Å². The summed E-state index contributed by atoms with van der Waals surface area (Å²) in [5.41, 5.74) is 9.98. The van der Waals surface area contributed by atoms with Gasteiger partial charge in [0.2, 0.25) is 0 Å². The maximum Gasteiger partial charge on any atom is 0.322 e. The Bertz CT molecular complexity index is 1240. The number of hydrogen-bond donors (Lipinski definition) is 1. The maximum absolute atomic E-state index is 9.43. The Balaban J connectivity index is 1.79. The van der Waals surface area contributed by atoms with Crippen molar-refractivity contribution in [2.75, 3.05) is 5.73 Å². The average Bonchev–Trinajstić information content (AvgIpc) is 2.95. The molecule has 0 bridgehead atoms. The fourth-order valence-electron chi connectivity index (χ4n) is 3.10. The molecule has 0 amide bonds. The number of aryl methyl sites for hydroxylation is 2. The number of nitrogens with zero attached hydrogens (tertiary/aromatic N) is 5. The Morgan fingerprint density at radius 3 is 2.61 bits per heavy atom. The number of benzene rings is 1. The van der Waals surface area contributed by atoms with Crippen LogP contribution in [-0.2, 0) is 7.05 Å². The third kappa shape index (κ3) is 2.96. The molecule has 0 radical (unpaired) electrons. The number of halogens is 1. The molecule has 8 heteroatoms. The zero-order valence-corrected chi connectivity index (χ0v) is 16.7. The first kappa shape index (κ1) is 17.9. The molecular weight excluding hydrogens is 420 g/mol. The lowest BCUT2D eigenvalue weighted by molar-refractivity contribution is 0.440. The Kier molecular flexibility index (Phi) is 4.45. The summed E-state index contributed by atoms with van der Waals surface area (Å²) < 4.78 is 8.42. The molecule has 0 spiro atoms. The minimum absolute atomic E-state index is 0.297. The topological polar surface area (TPSA) is 103 Å². The summed E-state index contributed by atoms with van der Waals surface area (Å²) in [4.78, 5) is 12.5. The van der Waals surface area contributed by atoms with Crippen molar-refractivity contribution < 1.29 is 4.74 Å². The Labute approximate surface area is 169 Å². The third-order valence-corrected chi connectivity index (χ3v) is 5.34. The summed E-state index contributed by atoms with van der Waals surface area (Å²) in [7, 11) is 1.88. The second kappa shape index (κ2) is 6.94. The molecule has 28 heavy (non-hydrogen) atoms. The standard InChI is InChI=1S/C20H15BrN6O/c1-11-7-8-24-20(26-11)28-14-5-3-12(4-6-14)15-16-17(27(2)18(15)21)13(9-22)10-25-19(16)23/h3-8,10H,1-2H3,(H2,23,25). The Morgan fingerprint density at radius 1 is 1.18 bits per heavy atom. The van der Waals surface area contributed by atoms with E-state index in [1.54, 1.807) is 6.20 Å². The van der Waals surface area contributed by atoms with Crippen molar-refractivity contribution in [1.29, 1.82) is 5.26 Å². The summed E-state index contributed by atoms with van der Waals surface area (Å²) in [6.45, 7) is 1.88. The van der Waals surface area contributed by atoms with E-state index in [0.29, 0.717) is 23.1 Å². The van der Waals surface area contributed by atoms with E-state index in [1.165, 1.54) is 6.20 Å². The lowest BCUT2D eigenvalue weighted by atomic mass is 10.0. The molecule has 3 aromatic heterocycles. The molecule has 0 aliphatic rings. The highest BCUT2D eigenvalue weighted by Gasteiger charge is 2.20. The van der Waals surface area contributed by atoms with Gasteiger partial charge in [0.15, 0.2) is 0 Å². The first-order valence-corrected chi connectivity index (χ1v) is 9.19. The van der Waals surface area contributed by atoms with E-state index in [2.05, 4.69) is 37.0 Å². The van der Waals surface area contributed by atoms with Crippen molar-refractivity contribution in [3.63, 3.8) is 0 Å². The van der Waals surface area contributed by atoms with E-state index in [0.717, 1.165) is 32.3 Å². The molecule has 2 N–H and O–H groups in total. The molecule has 0 unspecified atom stereocenters. The molecule has 1 aromatic carbocycles. The average molecular weight is 435 g/mol. The van der Waals surface area contributed by atoms with Gasteiger partial charge in [-0.1, -0.05) is 12.1 Å². The number of anilines is 1. The number of nitrogen functional groups attached to an aromatic ring is 1. The van der Waals surface area contributed by atoms with E-state index < -0.39 is 0 Å². The smallest absolute Gasteiger partial charge is 0.322 e. The second-order valence-corrected chi connectivity index (χ2v) is 6.98. The first-order valence-electron chi connectivity index (χ1n) is 8.40. The van der Waals surface area contributed by atoms with Gasteiger partial charge in [0.05, 0.1) is 21.1 Å². The molecule has 3 heterocycles.